The maximum absolute atomic E-state index is 15.0. The van der Waals surface area contributed by atoms with Gasteiger partial charge in [-0.15, -0.1) is 0 Å². The molecule has 1 aliphatic heterocycles. The van der Waals surface area contributed by atoms with Crippen LogP contribution < -0.4 is 5.32 Å². The van der Waals surface area contributed by atoms with E-state index in [0.717, 1.165) is 83.8 Å². The predicted octanol–water partition coefficient (Wildman–Crippen LogP) is 8.93. The maximum Gasteiger partial charge on any atom is 0.309 e. The number of nitrogens with one attached hydrogen (secondary N) is 1. The van der Waals surface area contributed by atoms with E-state index in [2.05, 4.69) is 72.2 Å². The summed E-state index contributed by atoms with van der Waals surface area (Å²) in [6, 6.07) is 0. The lowest BCUT2D eigenvalue weighted by molar-refractivity contribution is -0.251. The minimum Gasteiger partial charge on any atom is -0.481 e. The van der Waals surface area contributed by atoms with Crippen LogP contribution in [0.3, 0.4) is 0 Å². The second-order valence-corrected chi connectivity index (χ2v) is 23.5. The molecule has 2 N–H and O–H groups in total. The highest BCUT2D eigenvalue weighted by Crippen LogP contribution is 2.77. The van der Waals surface area contributed by atoms with E-state index in [1.165, 1.54) is 12.0 Å². The summed E-state index contributed by atoms with van der Waals surface area (Å²) in [5.74, 6) is 0.525. The zero-order valence-corrected chi connectivity index (χ0v) is 38.3. The number of hydrogen-bond acceptors (Lipinski definition) is 7. The van der Waals surface area contributed by atoms with Crippen molar-refractivity contribution < 1.29 is 33.7 Å². The fraction of sp³-hybridized carbons (Fsp3) is 0.898. The normalized spacial score (nSPS) is 44.2. The van der Waals surface area contributed by atoms with Gasteiger partial charge in [-0.1, -0.05) is 60.6 Å². The highest BCUT2D eigenvalue weighted by atomic mass is 16.5. The highest BCUT2D eigenvalue weighted by Gasteiger charge is 2.72. The van der Waals surface area contributed by atoms with Crippen LogP contribution in [0.25, 0.3) is 0 Å². The molecule has 0 aromatic heterocycles. The van der Waals surface area contributed by atoms with E-state index < -0.39 is 17.3 Å². The predicted molar refractivity (Wildman–Crippen MR) is 227 cm³/mol. The van der Waals surface area contributed by atoms with Gasteiger partial charge < -0.3 is 24.6 Å². The van der Waals surface area contributed by atoms with Gasteiger partial charge >= 0.3 is 11.9 Å². The van der Waals surface area contributed by atoms with Crippen molar-refractivity contribution in [2.24, 2.45) is 73.9 Å². The number of rotatable bonds is 12. The fourth-order valence-corrected chi connectivity index (χ4v) is 16.1. The average molecular weight is 809 g/mol. The number of carbonyl (C=O) groups excluding carboxylic acids is 2. The second-order valence-electron chi connectivity index (χ2n) is 23.5. The number of hydrogen-bond donors (Lipinski definition) is 2. The summed E-state index contributed by atoms with van der Waals surface area (Å²) in [6.07, 6.45) is 12.0. The summed E-state index contributed by atoms with van der Waals surface area (Å²) in [5, 5.41) is 13.4. The molecule has 9 heteroatoms. The Bertz CT molecular complexity index is 1620. The minimum absolute atomic E-state index is 0.114. The number of esters is 1. The van der Waals surface area contributed by atoms with Gasteiger partial charge in [0.15, 0.2) is 0 Å². The molecular formula is C49H80N2O7. The van der Waals surface area contributed by atoms with Gasteiger partial charge in [-0.25, -0.2) is 0 Å². The van der Waals surface area contributed by atoms with E-state index in [-0.39, 0.29) is 62.6 Å². The number of amides is 1. The molecule has 328 valence electrons. The van der Waals surface area contributed by atoms with Crippen molar-refractivity contribution in [1.82, 2.24) is 10.2 Å². The fourth-order valence-electron chi connectivity index (χ4n) is 16.1. The summed E-state index contributed by atoms with van der Waals surface area (Å²) in [6.45, 7) is 31.5. The van der Waals surface area contributed by atoms with Gasteiger partial charge in [-0.2, -0.15) is 0 Å². The molecule has 7 fully saturated rings. The summed E-state index contributed by atoms with van der Waals surface area (Å²) >= 11 is 0. The third-order valence-electron chi connectivity index (χ3n) is 19.5. The lowest BCUT2D eigenvalue weighted by Crippen LogP contribution is -2.68. The number of carboxylic acids is 1. The molecule has 0 aromatic carbocycles. The van der Waals surface area contributed by atoms with Crippen LogP contribution in [0.15, 0.2) is 12.2 Å². The van der Waals surface area contributed by atoms with Gasteiger partial charge in [0.2, 0.25) is 5.91 Å². The summed E-state index contributed by atoms with van der Waals surface area (Å²) in [5.41, 5.74) is 0.138. The van der Waals surface area contributed by atoms with Crippen LogP contribution in [-0.4, -0.2) is 85.6 Å². The Morgan fingerprint density at radius 2 is 1.55 bits per heavy atom. The molecule has 0 radical (unpaired) electrons. The summed E-state index contributed by atoms with van der Waals surface area (Å²) in [4.78, 5) is 43.0. The number of methoxy groups -OCH3 is 1. The van der Waals surface area contributed by atoms with Crippen LogP contribution in [0.5, 0.6) is 0 Å². The molecule has 6 aliphatic carbocycles. The van der Waals surface area contributed by atoms with E-state index in [1.54, 1.807) is 7.11 Å². The summed E-state index contributed by atoms with van der Waals surface area (Å²) in [7, 11) is 1.71. The topological polar surface area (TPSA) is 114 Å². The molecule has 0 bridgehead atoms. The first kappa shape index (κ1) is 44.1. The lowest BCUT2D eigenvalue weighted by atomic mass is 9.32. The Balaban J connectivity index is 1.07. The number of nitrogens with zero attached hydrogens (tertiary/aromatic N) is 1. The Hall–Kier alpha value is -1.97. The van der Waals surface area contributed by atoms with Crippen LogP contribution in [0, 0.1) is 73.9 Å². The first-order chi connectivity index (χ1) is 27.0. The van der Waals surface area contributed by atoms with Crippen LogP contribution in [0.2, 0.25) is 0 Å². The minimum atomic E-state index is -0.817. The van der Waals surface area contributed by atoms with Crippen LogP contribution >= 0.6 is 0 Å². The van der Waals surface area contributed by atoms with Crippen molar-refractivity contribution in [3.05, 3.63) is 12.2 Å². The second kappa shape index (κ2) is 15.1. The molecule has 7 rings (SSSR count). The van der Waals surface area contributed by atoms with Gasteiger partial charge in [0, 0.05) is 37.7 Å². The molecule has 13 atom stereocenters. The molecule has 6 saturated carbocycles. The Morgan fingerprint density at radius 1 is 0.828 bits per heavy atom. The molecule has 0 aromatic rings. The van der Waals surface area contributed by atoms with Gasteiger partial charge in [0.05, 0.1) is 36.6 Å². The Morgan fingerprint density at radius 3 is 2.21 bits per heavy atom. The van der Waals surface area contributed by atoms with Crippen molar-refractivity contribution in [1.29, 1.82) is 0 Å². The lowest BCUT2D eigenvalue weighted by Gasteiger charge is -2.73. The van der Waals surface area contributed by atoms with Gasteiger partial charge in [-0.05, 0) is 149 Å². The SMILES string of the molecule is C=C(C)[C@@H]1CC[C@]2(C(=O)NC(C)(C)CN3CC[C@@H](OCCOC)C3)CC[C@]3(C)[C@H](CC[C@@H]4[C@@]5(C)CC[C@H](OC(=O)[C@H]6C[C@@H](C(=O)O)C6(C)C)C(C)(C)[C@@H]5CC[C@]43C)[C@@H]12. The molecule has 0 spiro atoms. The number of allylic oxidation sites excluding steroid dienone is 1. The van der Waals surface area contributed by atoms with Crippen molar-refractivity contribution in [2.45, 2.75) is 164 Å². The van der Waals surface area contributed by atoms with Gasteiger partial charge in [0.1, 0.15) is 6.10 Å². The zero-order chi connectivity index (χ0) is 42.4. The highest BCUT2D eigenvalue weighted by molar-refractivity contribution is 5.84. The third-order valence-corrected chi connectivity index (χ3v) is 19.5. The van der Waals surface area contributed by atoms with Crippen LogP contribution in [0.4, 0.5) is 0 Å². The molecule has 1 saturated heterocycles. The number of aliphatic carboxylic acids is 1. The van der Waals surface area contributed by atoms with Gasteiger partial charge in [0.25, 0.3) is 0 Å². The molecule has 0 unspecified atom stereocenters. The molecule has 58 heavy (non-hydrogen) atoms. The van der Waals surface area contributed by atoms with Gasteiger partial charge in [-0.3, -0.25) is 19.3 Å². The smallest absolute Gasteiger partial charge is 0.309 e. The van der Waals surface area contributed by atoms with E-state index >= 15 is 4.79 Å². The molecule has 7 aliphatic rings. The van der Waals surface area contributed by atoms with Crippen molar-refractivity contribution >= 4 is 17.8 Å². The first-order valence-electron chi connectivity index (χ1n) is 23.2. The quantitative estimate of drug-likeness (QED) is 0.114. The first-order valence-corrected chi connectivity index (χ1v) is 23.2. The largest absolute Gasteiger partial charge is 0.481 e. The molecular weight excluding hydrogens is 729 g/mol. The maximum atomic E-state index is 15.0. The summed E-state index contributed by atoms with van der Waals surface area (Å²) < 4.78 is 17.7. The number of likely N-dealkylation sites (tertiary alicyclic amines) is 1. The number of fused-ring (bicyclic) bond motifs is 7. The van der Waals surface area contributed by atoms with Crippen molar-refractivity contribution in [3.63, 3.8) is 0 Å². The van der Waals surface area contributed by atoms with Crippen LogP contribution in [-0.2, 0) is 28.6 Å². The number of carboxylic acid groups (broad SMARTS) is 1. The standard InChI is InChI=1S/C49H80N2O7/c1-30(2)32-15-21-49(42(55)50-43(3,4)29-51-24-18-31(28-51)57-26-25-56-12)23-22-47(10)33(39(32)49)13-14-37-46(9)19-17-38(45(7,8)36(46)16-20-48(37,47)11)58-41(54)35-27-34(40(52)53)44(35,5)6/h31-39H,1,13-29H2,2-12H3,(H,50,55)(H,52,53)/t31-,32+,33-,34+,35-,36+,37-,38+,39-,46+,47-,48-,49+/m1/s1. The molecule has 9 nitrogen and oxygen atoms in total. The molecule has 1 heterocycles. The number of carbonyl (C=O) groups is 3. The zero-order valence-electron chi connectivity index (χ0n) is 38.3. The van der Waals surface area contributed by atoms with E-state index in [9.17, 15) is 14.7 Å². The van der Waals surface area contributed by atoms with Crippen molar-refractivity contribution in [2.75, 3.05) is 40.0 Å². The van der Waals surface area contributed by atoms with E-state index in [1.807, 2.05) is 13.8 Å². The van der Waals surface area contributed by atoms with Crippen molar-refractivity contribution in [3.8, 4) is 0 Å². The van der Waals surface area contributed by atoms with Crippen LogP contribution in [0.1, 0.15) is 146 Å². The van der Waals surface area contributed by atoms with E-state index in [4.69, 9.17) is 14.2 Å². The third kappa shape index (κ3) is 6.84. The Labute approximate surface area is 350 Å². The monoisotopic (exact) mass is 809 g/mol. The Kier molecular flexibility index (Phi) is 11.5. The average Bonchev–Trinajstić information content (AvgIpc) is 3.74. The molecule has 1 amide bonds. The number of ether oxygens (including phenoxy) is 3. The van der Waals surface area contributed by atoms with E-state index in [0.29, 0.717) is 49.2 Å².